The first-order valence-electron chi connectivity index (χ1n) is 8.54. The molecule has 1 N–H and O–H groups in total. The number of amides is 4. The summed E-state index contributed by atoms with van der Waals surface area (Å²) in [7, 11) is 1.63. The third-order valence-corrected chi connectivity index (χ3v) is 4.42. The van der Waals surface area contributed by atoms with Crippen LogP contribution in [0.15, 0.2) is 48.8 Å². The molecule has 2 aromatic rings. The summed E-state index contributed by atoms with van der Waals surface area (Å²) in [6, 6.07) is 8.05. The SMILES string of the molecule is CN(C(=O)c1ccncc1)c1ccc(CN2C(=O)N[C@H](CC(F)F)C2=O)cc1. The van der Waals surface area contributed by atoms with Crippen LogP contribution < -0.4 is 10.2 Å². The van der Waals surface area contributed by atoms with Gasteiger partial charge >= 0.3 is 6.03 Å². The number of nitrogens with zero attached hydrogens (tertiary/aromatic N) is 3. The first kappa shape index (κ1) is 19.4. The number of hydrogen-bond donors (Lipinski definition) is 1. The van der Waals surface area contributed by atoms with Crippen molar-refractivity contribution in [1.29, 1.82) is 0 Å². The number of hydrogen-bond acceptors (Lipinski definition) is 4. The number of halogens is 2. The zero-order valence-corrected chi connectivity index (χ0v) is 15.0. The smallest absolute Gasteiger partial charge is 0.325 e. The van der Waals surface area contributed by atoms with Gasteiger partial charge in [-0.3, -0.25) is 19.5 Å². The van der Waals surface area contributed by atoms with Crippen LogP contribution in [0.2, 0.25) is 0 Å². The van der Waals surface area contributed by atoms with Crippen LogP contribution in [0.25, 0.3) is 0 Å². The highest BCUT2D eigenvalue weighted by molar-refractivity contribution is 6.05. The third kappa shape index (κ3) is 4.13. The van der Waals surface area contributed by atoms with E-state index in [1.807, 2.05) is 0 Å². The Morgan fingerprint density at radius 1 is 1.18 bits per heavy atom. The summed E-state index contributed by atoms with van der Waals surface area (Å²) in [5, 5.41) is 2.27. The molecule has 1 fully saturated rings. The van der Waals surface area contributed by atoms with E-state index in [2.05, 4.69) is 10.3 Å². The Labute approximate surface area is 160 Å². The highest BCUT2D eigenvalue weighted by atomic mass is 19.3. The molecule has 4 amide bonds. The molecule has 1 saturated heterocycles. The number of alkyl halides is 2. The van der Waals surface area contributed by atoms with Gasteiger partial charge in [0, 0.05) is 37.1 Å². The summed E-state index contributed by atoms with van der Waals surface area (Å²) < 4.78 is 25.0. The normalized spacial score (nSPS) is 16.4. The molecule has 1 aliphatic rings. The van der Waals surface area contributed by atoms with Crippen molar-refractivity contribution in [3.8, 4) is 0 Å². The predicted octanol–water partition coefficient (Wildman–Crippen LogP) is 2.43. The minimum absolute atomic E-state index is 0.0350. The number of urea groups is 1. The van der Waals surface area contributed by atoms with Crippen molar-refractivity contribution < 1.29 is 23.2 Å². The maximum atomic E-state index is 12.5. The molecule has 7 nitrogen and oxygen atoms in total. The molecule has 0 unspecified atom stereocenters. The topological polar surface area (TPSA) is 82.6 Å². The van der Waals surface area contributed by atoms with Gasteiger partial charge in [0.15, 0.2) is 0 Å². The lowest BCUT2D eigenvalue weighted by Gasteiger charge is -2.18. The maximum Gasteiger partial charge on any atom is 0.325 e. The van der Waals surface area contributed by atoms with E-state index in [1.54, 1.807) is 43.4 Å². The lowest BCUT2D eigenvalue weighted by molar-refractivity contribution is -0.128. The number of anilines is 1. The monoisotopic (exact) mass is 388 g/mol. The van der Waals surface area contributed by atoms with Crippen LogP contribution in [0.3, 0.4) is 0 Å². The van der Waals surface area contributed by atoms with E-state index in [9.17, 15) is 23.2 Å². The zero-order chi connectivity index (χ0) is 20.3. The number of carbonyl (C=O) groups excluding carboxylic acids is 3. The molecule has 1 aromatic heterocycles. The fourth-order valence-corrected chi connectivity index (χ4v) is 2.88. The van der Waals surface area contributed by atoms with Crippen LogP contribution in [0, 0.1) is 0 Å². The van der Waals surface area contributed by atoms with Crippen molar-refractivity contribution >= 4 is 23.5 Å². The molecule has 0 aliphatic carbocycles. The van der Waals surface area contributed by atoms with E-state index in [0.717, 1.165) is 4.90 Å². The van der Waals surface area contributed by atoms with Crippen LogP contribution in [0.4, 0.5) is 19.3 Å². The molecule has 1 atom stereocenters. The van der Waals surface area contributed by atoms with Crippen molar-refractivity contribution in [3.63, 3.8) is 0 Å². The minimum atomic E-state index is -2.68. The summed E-state index contributed by atoms with van der Waals surface area (Å²) in [4.78, 5) is 42.7. The van der Waals surface area contributed by atoms with Crippen LogP contribution >= 0.6 is 0 Å². The van der Waals surface area contributed by atoms with Gasteiger partial charge in [-0.25, -0.2) is 13.6 Å². The molecule has 1 aromatic carbocycles. The molecule has 3 rings (SSSR count). The third-order valence-electron chi connectivity index (χ3n) is 4.42. The second-order valence-electron chi connectivity index (χ2n) is 6.32. The standard InChI is InChI=1S/C19H18F2N4O3/c1-24(17(26)13-6-8-22-9-7-13)14-4-2-12(3-5-14)11-25-18(27)15(10-16(20)21)23-19(25)28/h2-9,15-16H,10-11H2,1H3,(H,23,28)/t15-/m1/s1. The van der Waals surface area contributed by atoms with Gasteiger partial charge in [0.25, 0.3) is 11.8 Å². The van der Waals surface area contributed by atoms with Gasteiger partial charge in [0.2, 0.25) is 6.43 Å². The fraction of sp³-hybridized carbons (Fsp3) is 0.263. The molecule has 2 heterocycles. The first-order chi connectivity index (χ1) is 13.4. The van der Waals surface area contributed by atoms with E-state index in [-0.39, 0.29) is 12.5 Å². The first-order valence-corrected chi connectivity index (χ1v) is 8.54. The molecular formula is C19H18F2N4O3. The summed E-state index contributed by atoms with van der Waals surface area (Å²) in [6.07, 6.45) is -0.323. The molecule has 9 heteroatoms. The van der Waals surface area contributed by atoms with Crippen molar-refractivity contribution in [2.45, 2.75) is 25.4 Å². The molecule has 0 bridgehead atoms. The summed E-state index contributed by atoms with van der Waals surface area (Å²) in [6.45, 7) is -0.0350. The molecular weight excluding hydrogens is 370 g/mol. The number of carbonyl (C=O) groups is 3. The second-order valence-corrected chi connectivity index (χ2v) is 6.32. The van der Waals surface area contributed by atoms with E-state index < -0.39 is 30.8 Å². The Balaban J connectivity index is 1.67. The molecule has 146 valence electrons. The van der Waals surface area contributed by atoms with Gasteiger partial charge in [-0.15, -0.1) is 0 Å². The van der Waals surface area contributed by atoms with E-state index in [1.165, 1.54) is 17.3 Å². The summed E-state index contributed by atoms with van der Waals surface area (Å²) in [5.74, 6) is -0.876. The largest absolute Gasteiger partial charge is 0.326 e. The minimum Gasteiger partial charge on any atom is -0.326 e. The summed E-state index contributed by atoms with van der Waals surface area (Å²) >= 11 is 0. The Bertz CT molecular complexity index is 875. The highest BCUT2D eigenvalue weighted by Gasteiger charge is 2.39. The lowest BCUT2D eigenvalue weighted by Crippen LogP contribution is -2.32. The highest BCUT2D eigenvalue weighted by Crippen LogP contribution is 2.20. The number of aromatic nitrogens is 1. The Hall–Kier alpha value is -3.36. The Morgan fingerprint density at radius 2 is 1.82 bits per heavy atom. The molecule has 1 aliphatic heterocycles. The van der Waals surface area contributed by atoms with Crippen LogP contribution in [0.5, 0.6) is 0 Å². The number of rotatable bonds is 6. The van der Waals surface area contributed by atoms with Crippen LogP contribution in [-0.2, 0) is 11.3 Å². The molecule has 0 radical (unpaired) electrons. The van der Waals surface area contributed by atoms with Crippen molar-refractivity contribution in [1.82, 2.24) is 15.2 Å². The van der Waals surface area contributed by atoms with Gasteiger partial charge in [-0.1, -0.05) is 12.1 Å². The zero-order valence-electron chi connectivity index (χ0n) is 15.0. The Kier molecular flexibility index (Phi) is 5.62. The average molecular weight is 388 g/mol. The maximum absolute atomic E-state index is 12.5. The van der Waals surface area contributed by atoms with Gasteiger partial charge in [-0.05, 0) is 29.8 Å². The second kappa shape index (κ2) is 8.12. The van der Waals surface area contributed by atoms with Crippen molar-refractivity contribution in [2.24, 2.45) is 0 Å². The number of benzene rings is 1. The van der Waals surface area contributed by atoms with Crippen LogP contribution in [0.1, 0.15) is 22.3 Å². The average Bonchev–Trinajstić information content (AvgIpc) is 2.95. The van der Waals surface area contributed by atoms with E-state index in [0.29, 0.717) is 16.8 Å². The quantitative estimate of drug-likeness (QED) is 0.771. The molecule has 0 saturated carbocycles. The summed E-state index contributed by atoms with van der Waals surface area (Å²) in [5.41, 5.74) is 1.75. The number of pyridine rings is 1. The number of nitrogens with one attached hydrogen (secondary N) is 1. The van der Waals surface area contributed by atoms with Gasteiger partial charge < -0.3 is 10.2 Å². The Morgan fingerprint density at radius 3 is 2.43 bits per heavy atom. The van der Waals surface area contributed by atoms with Gasteiger partial charge in [-0.2, -0.15) is 0 Å². The predicted molar refractivity (Wildman–Crippen MR) is 96.9 cm³/mol. The number of imide groups is 1. The molecule has 28 heavy (non-hydrogen) atoms. The van der Waals surface area contributed by atoms with Crippen LogP contribution in [-0.4, -0.2) is 47.2 Å². The lowest BCUT2D eigenvalue weighted by atomic mass is 10.1. The van der Waals surface area contributed by atoms with Crippen molar-refractivity contribution in [3.05, 3.63) is 59.9 Å². The molecule has 0 spiro atoms. The fourth-order valence-electron chi connectivity index (χ4n) is 2.88. The van der Waals surface area contributed by atoms with E-state index >= 15 is 0 Å². The van der Waals surface area contributed by atoms with Gasteiger partial charge in [0.05, 0.1) is 6.54 Å². The van der Waals surface area contributed by atoms with Crippen molar-refractivity contribution in [2.75, 3.05) is 11.9 Å². The van der Waals surface area contributed by atoms with E-state index in [4.69, 9.17) is 0 Å². The van der Waals surface area contributed by atoms with Gasteiger partial charge in [0.1, 0.15) is 6.04 Å².